The Morgan fingerprint density at radius 1 is 0.480 bits per heavy atom. The third-order valence-electron chi connectivity index (χ3n) is 5.60. The molecule has 0 aliphatic carbocycles. The summed E-state index contributed by atoms with van der Waals surface area (Å²) in [5.41, 5.74) is 0. The van der Waals surface area contributed by atoms with E-state index in [1.807, 2.05) is 0 Å². The van der Waals surface area contributed by atoms with Gasteiger partial charge in [-0.1, -0.05) is 116 Å². The van der Waals surface area contributed by atoms with Gasteiger partial charge in [-0.15, -0.1) is 0 Å². The maximum absolute atomic E-state index is 5.53. The van der Waals surface area contributed by atoms with Crippen LogP contribution in [0.2, 0.25) is 12.6 Å². The van der Waals surface area contributed by atoms with E-state index in [-0.39, 0.29) is 0 Å². The number of hydrogen-bond acceptors (Lipinski definition) is 2. The average Bonchev–Trinajstić information content (AvgIpc) is 2.64. The van der Waals surface area contributed by atoms with Crippen LogP contribution in [0, 0.1) is 0 Å². The summed E-state index contributed by atoms with van der Waals surface area (Å²) in [7, 11) is 1.78. The van der Waals surface area contributed by atoms with Gasteiger partial charge in [0.2, 0.25) is 0 Å². The Morgan fingerprint density at radius 3 is 1.04 bits per heavy atom. The van der Waals surface area contributed by atoms with Gasteiger partial charge in [0.15, 0.2) is 0 Å². The largest absolute Gasteiger partial charge is 0.398 e. The quantitative estimate of drug-likeness (QED) is 0.159. The van der Waals surface area contributed by atoms with Gasteiger partial charge in [0.05, 0.1) is 0 Å². The number of unbranched alkanes of at least 4 members (excludes halogenated alkanes) is 16. The molecule has 0 saturated heterocycles. The molecule has 0 aliphatic heterocycles. The van der Waals surface area contributed by atoms with Crippen LogP contribution in [-0.4, -0.2) is 22.8 Å². The van der Waals surface area contributed by atoms with Gasteiger partial charge < -0.3 is 8.85 Å². The van der Waals surface area contributed by atoms with E-state index in [4.69, 9.17) is 8.85 Å². The van der Waals surface area contributed by atoms with Gasteiger partial charge in [-0.25, -0.2) is 0 Å². The maximum atomic E-state index is 5.53. The Balaban J connectivity index is 3.12. The van der Waals surface area contributed by atoms with Gasteiger partial charge in [0.1, 0.15) is 0 Å². The first-order valence-corrected chi connectivity index (χ1v) is 13.8. The van der Waals surface area contributed by atoms with Crippen LogP contribution in [0.25, 0.3) is 0 Å². The maximum Gasteiger partial charge on any atom is 0.334 e. The van der Waals surface area contributed by atoms with E-state index in [0.29, 0.717) is 0 Å². The van der Waals surface area contributed by atoms with Gasteiger partial charge in [-0.3, -0.25) is 0 Å². The van der Waals surface area contributed by atoms with Crippen molar-refractivity contribution in [3.05, 3.63) is 0 Å². The van der Waals surface area contributed by atoms with Gasteiger partial charge in [0.25, 0.3) is 0 Å². The lowest BCUT2D eigenvalue weighted by Crippen LogP contribution is -2.35. The Hall–Kier alpha value is 0.137. The van der Waals surface area contributed by atoms with E-state index in [0.717, 1.165) is 6.04 Å². The van der Waals surface area contributed by atoms with E-state index < -0.39 is 8.56 Å². The van der Waals surface area contributed by atoms with Crippen LogP contribution >= 0.6 is 0 Å². The predicted molar refractivity (Wildman–Crippen MR) is 115 cm³/mol. The molecule has 0 amide bonds. The monoisotopic (exact) mass is 372 g/mol. The van der Waals surface area contributed by atoms with Crippen LogP contribution in [0.4, 0.5) is 0 Å². The minimum absolute atomic E-state index is 1.14. The summed E-state index contributed by atoms with van der Waals surface area (Å²) in [5.74, 6) is 0. The number of rotatable bonds is 20. The van der Waals surface area contributed by atoms with Gasteiger partial charge >= 0.3 is 8.56 Å². The SMILES string of the molecule is CCCCCCCCCCCCCCCCCCC[Si](C)(OC)OC. The molecule has 0 radical (unpaired) electrons. The highest BCUT2D eigenvalue weighted by Crippen LogP contribution is 2.18. The fraction of sp³-hybridized carbons (Fsp3) is 1.00. The zero-order valence-electron chi connectivity index (χ0n) is 18.0. The van der Waals surface area contributed by atoms with Crippen molar-refractivity contribution in [2.45, 2.75) is 129 Å². The van der Waals surface area contributed by atoms with Gasteiger partial charge in [-0.05, 0) is 12.6 Å². The van der Waals surface area contributed by atoms with Crippen molar-refractivity contribution in [1.82, 2.24) is 0 Å². The van der Waals surface area contributed by atoms with Gasteiger partial charge in [0, 0.05) is 14.2 Å². The Morgan fingerprint density at radius 2 is 0.760 bits per heavy atom. The second kappa shape index (κ2) is 18.9. The standard InChI is InChI=1S/C22H48O2Si/c1-5-6-7-8-9-10-11-12-13-14-15-16-17-18-19-20-21-22-25(4,23-2)24-3/h5-22H2,1-4H3. The second-order valence-electron chi connectivity index (χ2n) is 7.95. The van der Waals surface area contributed by atoms with Crippen molar-refractivity contribution in [1.29, 1.82) is 0 Å². The fourth-order valence-corrected chi connectivity index (χ4v) is 4.93. The summed E-state index contributed by atoms with van der Waals surface area (Å²) in [6.45, 7) is 4.46. The van der Waals surface area contributed by atoms with Crippen molar-refractivity contribution in [2.24, 2.45) is 0 Å². The van der Waals surface area contributed by atoms with Crippen LogP contribution in [0.5, 0.6) is 0 Å². The molecule has 0 heterocycles. The average molecular weight is 373 g/mol. The fourth-order valence-electron chi connectivity index (χ4n) is 3.46. The van der Waals surface area contributed by atoms with Crippen molar-refractivity contribution < 1.29 is 8.85 Å². The first-order chi connectivity index (χ1) is 12.2. The highest BCUT2D eigenvalue weighted by atomic mass is 28.4. The summed E-state index contributed by atoms with van der Waals surface area (Å²) < 4.78 is 11.1. The second-order valence-corrected chi connectivity index (χ2v) is 11.5. The molecular weight excluding hydrogens is 324 g/mol. The Kier molecular flexibility index (Phi) is 19.0. The topological polar surface area (TPSA) is 18.5 Å². The molecule has 25 heavy (non-hydrogen) atoms. The third-order valence-corrected chi connectivity index (χ3v) is 8.59. The van der Waals surface area contributed by atoms with Crippen molar-refractivity contribution in [3.8, 4) is 0 Å². The van der Waals surface area contributed by atoms with Crippen molar-refractivity contribution in [2.75, 3.05) is 14.2 Å². The van der Waals surface area contributed by atoms with Gasteiger partial charge in [-0.2, -0.15) is 0 Å². The Labute approximate surface area is 160 Å². The molecule has 0 aromatic carbocycles. The lowest BCUT2D eigenvalue weighted by Gasteiger charge is -2.22. The van der Waals surface area contributed by atoms with Crippen molar-refractivity contribution >= 4 is 8.56 Å². The van der Waals surface area contributed by atoms with Crippen LogP contribution in [0.15, 0.2) is 0 Å². The molecule has 0 bridgehead atoms. The van der Waals surface area contributed by atoms with E-state index in [1.165, 1.54) is 109 Å². The lowest BCUT2D eigenvalue weighted by atomic mass is 10.0. The highest BCUT2D eigenvalue weighted by molar-refractivity contribution is 6.65. The molecule has 0 aromatic heterocycles. The summed E-state index contributed by atoms with van der Waals surface area (Å²) in [5, 5.41) is 0. The molecule has 0 fully saturated rings. The minimum atomic E-state index is -1.81. The third kappa shape index (κ3) is 17.3. The smallest absolute Gasteiger partial charge is 0.334 e. The van der Waals surface area contributed by atoms with Crippen LogP contribution < -0.4 is 0 Å². The van der Waals surface area contributed by atoms with Crippen LogP contribution in [-0.2, 0) is 8.85 Å². The molecule has 0 atom stereocenters. The number of hydrogen-bond donors (Lipinski definition) is 0. The minimum Gasteiger partial charge on any atom is -0.398 e. The molecule has 0 spiro atoms. The lowest BCUT2D eigenvalue weighted by molar-refractivity contribution is 0.248. The predicted octanol–water partition coefficient (Wildman–Crippen LogP) is 8.00. The molecule has 0 rings (SSSR count). The zero-order chi connectivity index (χ0) is 18.6. The molecule has 3 heteroatoms. The summed E-state index contributed by atoms with van der Waals surface area (Å²) in [6, 6.07) is 1.14. The first kappa shape index (κ1) is 25.1. The highest BCUT2D eigenvalue weighted by Gasteiger charge is 2.27. The first-order valence-electron chi connectivity index (χ1n) is 11.3. The molecular formula is C22H48O2Si. The molecule has 0 aliphatic rings. The van der Waals surface area contributed by atoms with E-state index in [1.54, 1.807) is 14.2 Å². The van der Waals surface area contributed by atoms with Crippen molar-refractivity contribution in [3.63, 3.8) is 0 Å². The van der Waals surface area contributed by atoms with Crippen LogP contribution in [0.1, 0.15) is 116 Å². The van der Waals surface area contributed by atoms with E-state index in [9.17, 15) is 0 Å². The zero-order valence-corrected chi connectivity index (χ0v) is 19.0. The molecule has 152 valence electrons. The molecule has 0 aromatic rings. The Bertz CT molecular complexity index is 254. The summed E-state index contributed by atoms with van der Waals surface area (Å²) in [4.78, 5) is 0. The molecule has 0 unspecified atom stereocenters. The molecule has 2 nitrogen and oxygen atoms in total. The molecule has 0 saturated carbocycles. The normalized spacial score (nSPS) is 12.0. The van der Waals surface area contributed by atoms with E-state index >= 15 is 0 Å². The molecule has 0 N–H and O–H groups in total. The summed E-state index contributed by atoms with van der Waals surface area (Å²) in [6.07, 6.45) is 24.2. The summed E-state index contributed by atoms with van der Waals surface area (Å²) >= 11 is 0. The van der Waals surface area contributed by atoms with E-state index in [2.05, 4.69) is 13.5 Å². The van der Waals surface area contributed by atoms with Crippen LogP contribution in [0.3, 0.4) is 0 Å².